The summed E-state index contributed by atoms with van der Waals surface area (Å²) in [5.74, 6) is 1.38. The van der Waals surface area contributed by atoms with Crippen LogP contribution in [0, 0.1) is 5.92 Å². The van der Waals surface area contributed by atoms with E-state index in [9.17, 15) is 5.11 Å². The Hall–Kier alpha value is -1.73. The summed E-state index contributed by atoms with van der Waals surface area (Å²) in [4.78, 5) is 14.5. The second kappa shape index (κ2) is 5.34. The predicted octanol–water partition coefficient (Wildman–Crippen LogP) is 0.918. The molecule has 0 aliphatic heterocycles. The first-order valence-electron chi connectivity index (χ1n) is 6.42. The summed E-state index contributed by atoms with van der Waals surface area (Å²) in [6, 6.07) is 1.79. The van der Waals surface area contributed by atoms with Crippen LogP contribution in [0.15, 0.2) is 18.5 Å². The number of nitrogens with zero attached hydrogens (tertiary/aromatic N) is 6. The van der Waals surface area contributed by atoms with Crippen molar-refractivity contribution in [3.05, 3.63) is 23.7 Å². The zero-order valence-electron chi connectivity index (χ0n) is 11.0. The molecule has 3 rings (SSSR count). The number of hydrogen-bond donors (Lipinski definition) is 1. The van der Waals surface area contributed by atoms with Crippen LogP contribution in [0.25, 0.3) is 5.95 Å². The summed E-state index contributed by atoms with van der Waals surface area (Å²) in [5, 5.41) is 13.5. The van der Waals surface area contributed by atoms with Crippen molar-refractivity contribution in [2.45, 2.75) is 18.9 Å². The normalized spacial score (nSPS) is 21.6. The Morgan fingerprint density at radius 1 is 1.40 bits per heavy atom. The lowest BCUT2D eigenvalue weighted by Gasteiger charge is -2.34. The highest BCUT2D eigenvalue weighted by molar-refractivity contribution is 6.28. The molecule has 0 saturated heterocycles. The van der Waals surface area contributed by atoms with Crippen LogP contribution in [0.2, 0.25) is 5.28 Å². The first kappa shape index (κ1) is 13.3. The van der Waals surface area contributed by atoms with Gasteiger partial charge < -0.3 is 10.0 Å². The molecule has 2 aromatic heterocycles. The van der Waals surface area contributed by atoms with Crippen molar-refractivity contribution in [2.24, 2.45) is 5.92 Å². The predicted molar refractivity (Wildman–Crippen MR) is 74.0 cm³/mol. The van der Waals surface area contributed by atoms with Crippen molar-refractivity contribution in [3.8, 4) is 5.95 Å². The van der Waals surface area contributed by atoms with Gasteiger partial charge in [-0.3, -0.25) is 0 Å². The van der Waals surface area contributed by atoms with E-state index in [1.54, 1.807) is 18.5 Å². The van der Waals surface area contributed by atoms with E-state index >= 15 is 0 Å². The van der Waals surface area contributed by atoms with E-state index in [2.05, 4.69) is 20.1 Å². The van der Waals surface area contributed by atoms with Gasteiger partial charge in [0.1, 0.15) is 0 Å². The van der Waals surface area contributed by atoms with E-state index in [1.807, 2.05) is 11.9 Å². The molecule has 1 N–H and O–H groups in total. The summed E-state index contributed by atoms with van der Waals surface area (Å²) in [7, 11) is 1.91. The minimum absolute atomic E-state index is 0.140. The van der Waals surface area contributed by atoms with Crippen molar-refractivity contribution in [3.63, 3.8) is 0 Å². The summed E-state index contributed by atoms with van der Waals surface area (Å²) in [5.41, 5.74) is 0. The van der Waals surface area contributed by atoms with Crippen LogP contribution in [-0.4, -0.2) is 49.5 Å². The van der Waals surface area contributed by atoms with E-state index in [-0.39, 0.29) is 11.4 Å². The van der Waals surface area contributed by atoms with Crippen molar-refractivity contribution >= 4 is 17.5 Å². The van der Waals surface area contributed by atoms with Gasteiger partial charge in [0.15, 0.2) is 0 Å². The molecule has 0 radical (unpaired) electrons. The van der Waals surface area contributed by atoms with Crippen molar-refractivity contribution in [1.29, 1.82) is 0 Å². The van der Waals surface area contributed by atoms with Crippen LogP contribution in [0.3, 0.4) is 0 Å². The van der Waals surface area contributed by atoms with Gasteiger partial charge in [-0.1, -0.05) is 0 Å². The second-order valence-corrected chi connectivity index (χ2v) is 5.36. The fourth-order valence-electron chi connectivity index (χ4n) is 2.31. The lowest BCUT2D eigenvalue weighted by Crippen LogP contribution is -2.37. The smallest absolute Gasteiger partial charge is 0.256 e. The Balaban J connectivity index is 1.78. The lowest BCUT2D eigenvalue weighted by atomic mass is 9.82. The molecule has 1 aliphatic carbocycles. The molecule has 1 fully saturated rings. The molecule has 0 bridgehead atoms. The lowest BCUT2D eigenvalue weighted by molar-refractivity contribution is 0.0463. The number of hydrogen-bond acceptors (Lipinski definition) is 6. The molecule has 2 heterocycles. The van der Waals surface area contributed by atoms with E-state index in [1.165, 1.54) is 4.68 Å². The molecule has 1 saturated carbocycles. The van der Waals surface area contributed by atoms with Gasteiger partial charge in [-0.05, 0) is 36.4 Å². The number of rotatable bonds is 4. The Labute approximate surface area is 121 Å². The van der Waals surface area contributed by atoms with Crippen LogP contribution < -0.4 is 4.90 Å². The van der Waals surface area contributed by atoms with Crippen LogP contribution in [0.1, 0.15) is 12.8 Å². The maximum absolute atomic E-state index is 9.32. The average molecular weight is 295 g/mol. The molecule has 8 heteroatoms. The van der Waals surface area contributed by atoms with Gasteiger partial charge in [0.25, 0.3) is 5.95 Å². The molecule has 1 aliphatic rings. The van der Waals surface area contributed by atoms with E-state index in [0.29, 0.717) is 17.8 Å². The van der Waals surface area contributed by atoms with Gasteiger partial charge in [-0.25, -0.2) is 4.68 Å². The summed E-state index contributed by atoms with van der Waals surface area (Å²) in [6.45, 7) is 0.788. The van der Waals surface area contributed by atoms with Gasteiger partial charge in [-0.15, -0.1) is 0 Å². The van der Waals surface area contributed by atoms with Crippen LogP contribution in [-0.2, 0) is 0 Å². The highest BCUT2D eigenvalue weighted by Gasteiger charge is 2.28. The molecule has 0 atom stereocenters. The molecule has 20 heavy (non-hydrogen) atoms. The van der Waals surface area contributed by atoms with Gasteiger partial charge >= 0.3 is 0 Å². The fraction of sp³-hybridized carbons (Fsp3) is 0.500. The quantitative estimate of drug-likeness (QED) is 0.903. The van der Waals surface area contributed by atoms with E-state index in [0.717, 1.165) is 19.4 Å². The zero-order valence-corrected chi connectivity index (χ0v) is 11.8. The molecule has 106 valence electrons. The Kier molecular flexibility index (Phi) is 3.54. The van der Waals surface area contributed by atoms with E-state index in [4.69, 9.17) is 11.6 Å². The molecule has 7 nitrogen and oxygen atoms in total. The first-order valence-corrected chi connectivity index (χ1v) is 6.80. The molecule has 0 unspecified atom stereocenters. The molecule has 2 aromatic rings. The second-order valence-electron chi connectivity index (χ2n) is 5.03. The number of halogens is 1. The molecule has 0 amide bonds. The van der Waals surface area contributed by atoms with Crippen molar-refractivity contribution in [2.75, 3.05) is 18.5 Å². The number of anilines is 1. The maximum atomic E-state index is 9.32. The highest BCUT2D eigenvalue weighted by Crippen LogP contribution is 2.28. The molecular weight excluding hydrogens is 280 g/mol. The van der Waals surface area contributed by atoms with Crippen LogP contribution in [0.4, 0.5) is 5.95 Å². The fourth-order valence-corrected chi connectivity index (χ4v) is 2.46. The molecule has 0 aromatic carbocycles. The Bertz CT molecular complexity index is 584. The number of aliphatic hydroxyl groups is 1. The van der Waals surface area contributed by atoms with Gasteiger partial charge in [0, 0.05) is 26.0 Å². The number of aromatic nitrogens is 5. The van der Waals surface area contributed by atoms with Gasteiger partial charge in [0.2, 0.25) is 11.2 Å². The Morgan fingerprint density at radius 2 is 2.20 bits per heavy atom. The maximum Gasteiger partial charge on any atom is 0.256 e. The van der Waals surface area contributed by atoms with Gasteiger partial charge in [-0.2, -0.15) is 20.1 Å². The Morgan fingerprint density at radius 3 is 2.85 bits per heavy atom. The SMILES string of the molecule is CN(CC1CC(O)C1)c1nc(Cl)nc(-n2cccn2)n1. The van der Waals surface area contributed by atoms with Crippen LogP contribution >= 0.6 is 11.6 Å². The minimum Gasteiger partial charge on any atom is -0.393 e. The van der Waals surface area contributed by atoms with Crippen molar-refractivity contribution < 1.29 is 5.11 Å². The van der Waals surface area contributed by atoms with E-state index < -0.39 is 0 Å². The third kappa shape index (κ3) is 2.73. The molecular formula is C12H15ClN6O. The third-order valence-corrected chi connectivity index (χ3v) is 3.55. The van der Waals surface area contributed by atoms with Crippen molar-refractivity contribution in [1.82, 2.24) is 24.7 Å². The minimum atomic E-state index is -0.157. The monoisotopic (exact) mass is 294 g/mol. The topological polar surface area (TPSA) is 80.0 Å². The first-order chi connectivity index (χ1) is 9.61. The largest absolute Gasteiger partial charge is 0.393 e. The van der Waals surface area contributed by atoms with Crippen LogP contribution in [0.5, 0.6) is 0 Å². The zero-order chi connectivity index (χ0) is 14.1. The average Bonchev–Trinajstić information content (AvgIpc) is 2.90. The summed E-state index contributed by atoms with van der Waals surface area (Å²) < 4.78 is 1.54. The summed E-state index contributed by atoms with van der Waals surface area (Å²) >= 11 is 5.95. The van der Waals surface area contributed by atoms with Gasteiger partial charge in [0.05, 0.1) is 6.10 Å². The third-order valence-electron chi connectivity index (χ3n) is 3.38. The number of aliphatic hydroxyl groups excluding tert-OH is 1. The highest BCUT2D eigenvalue weighted by atomic mass is 35.5. The standard InChI is InChI=1S/C12H15ClN6O/c1-18(7-8-5-9(20)6-8)11-15-10(13)16-12(17-11)19-4-2-3-14-19/h2-4,8-9,20H,5-7H2,1H3. The summed E-state index contributed by atoms with van der Waals surface area (Å²) in [6.07, 6.45) is 4.90. The molecule has 0 spiro atoms.